The second kappa shape index (κ2) is 4.78. The number of nitrogens with one attached hydrogen (secondary N) is 1. The van der Waals surface area contributed by atoms with Crippen LogP contribution in [-0.2, 0) is 4.79 Å². The molecule has 0 aliphatic rings. The normalized spacial score (nSPS) is 12.5. The van der Waals surface area contributed by atoms with E-state index >= 15 is 0 Å². The number of carboxylic acids is 1. The minimum Gasteiger partial charge on any atom is -0.476 e. The summed E-state index contributed by atoms with van der Waals surface area (Å²) in [6.07, 6.45) is 1.48. The first kappa shape index (κ1) is 12.2. The molecule has 1 unspecified atom stereocenters. The molecule has 1 amide bonds. The molecule has 0 saturated heterocycles. The van der Waals surface area contributed by atoms with Crippen molar-refractivity contribution >= 4 is 11.9 Å². The molecular formula is C10H15N3O3. The summed E-state index contributed by atoms with van der Waals surface area (Å²) in [7, 11) is 0. The van der Waals surface area contributed by atoms with Gasteiger partial charge in [-0.3, -0.25) is 9.48 Å². The van der Waals surface area contributed by atoms with Crippen molar-refractivity contribution in [3.05, 3.63) is 18.0 Å². The first-order valence-electron chi connectivity index (χ1n) is 5.00. The highest BCUT2D eigenvalue weighted by molar-refractivity contribution is 5.85. The summed E-state index contributed by atoms with van der Waals surface area (Å²) in [5.41, 5.74) is -0.0656. The summed E-state index contributed by atoms with van der Waals surface area (Å²) in [4.78, 5) is 22.2. The van der Waals surface area contributed by atoms with E-state index in [-0.39, 0.29) is 17.6 Å². The van der Waals surface area contributed by atoms with Crippen LogP contribution in [0.25, 0.3) is 0 Å². The second-order valence-electron chi connectivity index (χ2n) is 3.83. The Balaban J connectivity index is 2.76. The standard InChI is InChI=1S/C10H15N3O3/c1-6(2)11-9(14)7(3)13-5-4-8(12-13)10(15)16/h4-7H,1-3H3,(H,11,14)(H,15,16). The van der Waals surface area contributed by atoms with Gasteiger partial charge in [0, 0.05) is 12.2 Å². The van der Waals surface area contributed by atoms with Gasteiger partial charge in [0.15, 0.2) is 5.69 Å². The average Bonchev–Trinajstić information content (AvgIpc) is 2.64. The van der Waals surface area contributed by atoms with E-state index in [9.17, 15) is 9.59 Å². The van der Waals surface area contributed by atoms with E-state index < -0.39 is 12.0 Å². The van der Waals surface area contributed by atoms with Crippen molar-refractivity contribution < 1.29 is 14.7 Å². The van der Waals surface area contributed by atoms with Crippen LogP contribution in [0, 0.1) is 0 Å². The summed E-state index contributed by atoms with van der Waals surface area (Å²) in [6.45, 7) is 5.38. The van der Waals surface area contributed by atoms with Crippen LogP contribution < -0.4 is 5.32 Å². The number of hydrogen-bond donors (Lipinski definition) is 2. The molecule has 1 aromatic rings. The molecule has 0 aromatic carbocycles. The van der Waals surface area contributed by atoms with E-state index in [1.807, 2.05) is 13.8 Å². The molecule has 0 aliphatic heterocycles. The third kappa shape index (κ3) is 2.82. The van der Waals surface area contributed by atoms with Crippen molar-refractivity contribution in [1.29, 1.82) is 0 Å². The summed E-state index contributed by atoms with van der Waals surface area (Å²) in [6, 6.07) is 0.890. The third-order valence-electron chi connectivity index (χ3n) is 2.03. The monoisotopic (exact) mass is 225 g/mol. The van der Waals surface area contributed by atoms with Crippen LogP contribution in [0.1, 0.15) is 37.3 Å². The summed E-state index contributed by atoms with van der Waals surface area (Å²) in [5.74, 6) is -1.29. The predicted molar refractivity (Wildman–Crippen MR) is 57.2 cm³/mol. The molecule has 6 nitrogen and oxygen atoms in total. The number of carboxylic acid groups (broad SMARTS) is 1. The fraction of sp³-hybridized carbons (Fsp3) is 0.500. The number of amides is 1. The molecule has 1 heterocycles. The molecule has 88 valence electrons. The Morgan fingerprint density at radius 1 is 1.44 bits per heavy atom. The van der Waals surface area contributed by atoms with E-state index in [4.69, 9.17) is 5.11 Å². The first-order chi connectivity index (χ1) is 7.41. The number of aromatic nitrogens is 2. The number of rotatable bonds is 4. The van der Waals surface area contributed by atoms with Crippen molar-refractivity contribution in [1.82, 2.24) is 15.1 Å². The largest absolute Gasteiger partial charge is 0.476 e. The minimum absolute atomic E-state index is 0.0458. The molecule has 0 spiro atoms. The molecule has 1 rings (SSSR count). The molecule has 2 N–H and O–H groups in total. The lowest BCUT2D eigenvalue weighted by atomic mass is 10.3. The molecule has 6 heteroatoms. The van der Waals surface area contributed by atoms with Gasteiger partial charge in [-0.05, 0) is 26.8 Å². The van der Waals surface area contributed by atoms with Crippen LogP contribution >= 0.6 is 0 Å². The van der Waals surface area contributed by atoms with E-state index in [2.05, 4.69) is 10.4 Å². The molecule has 0 aliphatic carbocycles. The van der Waals surface area contributed by atoms with Crippen molar-refractivity contribution in [3.8, 4) is 0 Å². The van der Waals surface area contributed by atoms with Crippen LogP contribution in [0.4, 0.5) is 0 Å². The van der Waals surface area contributed by atoms with Gasteiger partial charge < -0.3 is 10.4 Å². The van der Waals surface area contributed by atoms with Gasteiger partial charge in [-0.15, -0.1) is 0 Å². The molecule has 1 aromatic heterocycles. The van der Waals surface area contributed by atoms with E-state index in [1.165, 1.54) is 16.9 Å². The highest BCUT2D eigenvalue weighted by Crippen LogP contribution is 2.06. The molecule has 16 heavy (non-hydrogen) atoms. The summed E-state index contributed by atoms with van der Waals surface area (Å²) < 4.78 is 1.33. The predicted octanol–water partition coefficient (Wildman–Crippen LogP) is 0.667. The van der Waals surface area contributed by atoms with Gasteiger partial charge in [-0.25, -0.2) is 4.79 Å². The SMILES string of the molecule is CC(C)NC(=O)C(C)n1ccc(C(=O)O)n1. The molecule has 0 bridgehead atoms. The lowest BCUT2D eigenvalue weighted by molar-refractivity contribution is -0.124. The fourth-order valence-electron chi connectivity index (χ4n) is 1.19. The van der Waals surface area contributed by atoms with Crippen LogP contribution in [0.5, 0.6) is 0 Å². The van der Waals surface area contributed by atoms with Gasteiger partial charge >= 0.3 is 5.97 Å². The Morgan fingerprint density at radius 3 is 2.50 bits per heavy atom. The van der Waals surface area contributed by atoms with Crippen molar-refractivity contribution in [3.63, 3.8) is 0 Å². The van der Waals surface area contributed by atoms with Gasteiger partial charge in [0.1, 0.15) is 6.04 Å². The van der Waals surface area contributed by atoms with Gasteiger partial charge in [-0.1, -0.05) is 0 Å². The van der Waals surface area contributed by atoms with Crippen molar-refractivity contribution in [2.45, 2.75) is 32.9 Å². The van der Waals surface area contributed by atoms with Crippen LogP contribution in [0.3, 0.4) is 0 Å². The Morgan fingerprint density at radius 2 is 2.06 bits per heavy atom. The van der Waals surface area contributed by atoms with Gasteiger partial charge in [0.2, 0.25) is 5.91 Å². The van der Waals surface area contributed by atoms with Gasteiger partial charge in [-0.2, -0.15) is 5.10 Å². The van der Waals surface area contributed by atoms with Crippen molar-refractivity contribution in [2.24, 2.45) is 0 Å². The second-order valence-corrected chi connectivity index (χ2v) is 3.83. The zero-order chi connectivity index (χ0) is 12.3. The highest BCUT2D eigenvalue weighted by Gasteiger charge is 2.17. The lowest BCUT2D eigenvalue weighted by Crippen LogP contribution is -2.35. The Hall–Kier alpha value is -1.85. The number of hydrogen-bond acceptors (Lipinski definition) is 3. The third-order valence-corrected chi connectivity index (χ3v) is 2.03. The Bertz CT molecular complexity index is 398. The summed E-state index contributed by atoms with van der Waals surface area (Å²) >= 11 is 0. The van der Waals surface area contributed by atoms with Crippen LogP contribution in [-0.4, -0.2) is 32.8 Å². The zero-order valence-electron chi connectivity index (χ0n) is 9.47. The highest BCUT2D eigenvalue weighted by atomic mass is 16.4. The number of carbonyl (C=O) groups is 2. The molecular weight excluding hydrogens is 210 g/mol. The maximum Gasteiger partial charge on any atom is 0.356 e. The number of nitrogens with zero attached hydrogens (tertiary/aromatic N) is 2. The number of aromatic carboxylic acids is 1. The fourth-order valence-corrected chi connectivity index (χ4v) is 1.19. The lowest BCUT2D eigenvalue weighted by Gasteiger charge is -2.14. The molecule has 0 radical (unpaired) electrons. The van der Waals surface area contributed by atoms with Crippen molar-refractivity contribution in [2.75, 3.05) is 0 Å². The van der Waals surface area contributed by atoms with E-state index in [0.717, 1.165) is 0 Å². The van der Waals surface area contributed by atoms with Crippen LogP contribution in [0.15, 0.2) is 12.3 Å². The van der Waals surface area contributed by atoms with E-state index in [0.29, 0.717) is 0 Å². The topological polar surface area (TPSA) is 84.2 Å². The molecule has 0 saturated carbocycles. The Labute approximate surface area is 93.3 Å². The molecule has 0 fully saturated rings. The smallest absolute Gasteiger partial charge is 0.356 e. The van der Waals surface area contributed by atoms with Crippen LogP contribution in [0.2, 0.25) is 0 Å². The zero-order valence-corrected chi connectivity index (χ0v) is 9.47. The molecule has 1 atom stereocenters. The Kier molecular flexibility index (Phi) is 3.65. The van der Waals surface area contributed by atoms with Gasteiger partial charge in [0.25, 0.3) is 0 Å². The van der Waals surface area contributed by atoms with E-state index in [1.54, 1.807) is 6.92 Å². The van der Waals surface area contributed by atoms with Gasteiger partial charge in [0.05, 0.1) is 0 Å². The minimum atomic E-state index is -1.10. The average molecular weight is 225 g/mol. The quantitative estimate of drug-likeness (QED) is 0.788. The maximum absolute atomic E-state index is 11.6. The maximum atomic E-state index is 11.6. The number of carbonyl (C=O) groups excluding carboxylic acids is 1. The first-order valence-corrected chi connectivity index (χ1v) is 5.00. The summed E-state index contributed by atoms with van der Waals surface area (Å²) in [5, 5.41) is 15.2.